The van der Waals surface area contributed by atoms with Gasteiger partial charge in [-0.2, -0.15) is 5.10 Å². The van der Waals surface area contributed by atoms with E-state index >= 15 is 0 Å². The molecule has 1 amide bonds. The van der Waals surface area contributed by atoms with Crippen LogP contribution >= 0.6 is 0 Å². The van der Waals surface area contributed by atoms with Crippen molar-refractivity contribution in [2.75, 3.05) is 12.4 Å². The first-order valence-corrected chi connectivity index (χ1v) is 8.50. The van der Waals surface area contributed by atoms with Gasteiger partial charge in [-0.15, -0.1) is 0 Å². The van der Waals surface area contributed by atoms with Crippen LogP contribution in [0.4, 0.5) is 5.69 Å². The van der Waals surface area contributed by atoms with Crippen LogP contribution < -0.4 is 15.5 Å². The molecule has 3 aromatic rings. The van der Waals surface area contributed by atoms with Crippen molar-refractivity contribution in [1.29, 1.82) is 0 Å². The summed E-state index contributed by atoms with van der Waals surface area (Å²) in [6, 6.07) is 12.8. The average Bonchev–Trinajstić information content (AvgIpc) is 3.25. The lowest BCUT2D eigenvalue weighted by atomic mass is 9.79. The molecule has 7 nitrogen and oxygen atoms in total. The molecule has 0 aliphatic carbocycles. The number of rotatable bonds is 4. The van der Waals surface area contributed by atoms with E-state index in [-0.39, 0.29) is 5.91 Å². The highest BCUT2D eigenvalue weighted by atomic mass is 16.5. The number of aryl methyl sites for hydroxylation is 1. The monoisotopic (exact) mass is 363 g/mol. The second kappa shape index (κ2) is 6.90. The number of nitrogens with zero attached hydrogens (tertiary/aromatic N) is 2. The van der Waals surface area contributed by atoms with E-state index in [0.717, 1.165) is 11.3 Å². The van der Waals surface area contributed by atoms with Gasteiger partial charge in [0.2, 0.25) is 0 Å². The van der Waals surface area contributed by atoms with Gasteiger partial charge in [0.1, 0.15) is 11.4 Å². The predicted molar refractivity (Wildman–Crippen MR) is 102 cm³/mol. The normalized spacial score (nSPS) is 12.8. The van der Waals surface area contributed by atoms with Gasteiger partial charge >= 0.3 is 7.12 Å². The summed E-state index contributed by atoms with van der Waals surface area (Å²) in [5.41, 5.74) is 3.99. The van der Waals surface area contributed by atoms with Gasteiger partial charge < -0.3 is 19.7 Å². The van der Waals surface area contributed by atoms with Gasteiger partial charge in [-0.3, -0.25) is 4.79 Å². The Morgan fingerprint density at radius 2 is 2.15 bits per heavy atom. The molecule has 1 aromatic heterocycles. The van der Waals surface area contributed by atoms with E-state index in [1.807, 2.05) is 30.3 Å². The molecule has 1 aliphatic rings. The summed E-state index contributed by atoms with van der Waals surface area (Å²) in [5, 5.41) is 17.1. The molecule has 2 heterocycles. The number of hydrogen-bond acceptors (Lipinski definition) is 5. The molecule has 27 heavy (non-hydrogen) atoms. The van der Waals surface area contributed by atoms with Crippen LogP contribution in [0.1, 0.15) is 21.6 Å². The third kappa shape index (κ3) is 3.20. The van der Waals surface area contributed by atoms with E-state index in [1.54, 1.807) is 37.0 Å². The highest BCUT2D eigenvalue weighted by molar-refractivity contribution is 6.61. The third-order valence-corrected chi connectivity index (χ3v) is 4.54. The smallest absolute Gasteiger partial charge is 0.491 e. The minimum atomic E-state index is -0.952. The van der Waals surface area contributed by atoms with Crippen LogP contribution in [0.3, 0.4) is 0 Å². The van der Waals surface area contributed by atoms with E-state index in [9.17, 15) is 9.82 Å². The molecule has 8 heteroatoms. The maximum Gasteiger partial charge on any atom is 0.491 e. The third-order valence-electron chi connectivity index (χ3n) is 4.54. The lowest BCUT2D eigenvalue weighted by molar-refractivity contribution is 0.102. The van der Waals surface area contributed by atoms with Crippen LogP contribution in [0.2, 0.25) is 0 Å². The largest absolute Gasteiger partial charge is 0.494 e. The zero-order valence-electron chi connectivity index (χ0n) is 15.0. The first-order chi connectivity index (χ1) is 13.1. The van der Waals surface area contributed by atoms with Crippen LogP contribution in [0.25, 0.3) is 5.69 Å². The average molecular weight is 363 g/mol. The van der Waals surface area contributed by atoms with Crippen molar-refractivity contribution in [2.45, 2.75) is 13.5 Å². The molecule has 4 rings (SSSR count). The molecular formula is C19H18BN3O4. The highest BCUT2D eigenvalue weighted by Gasteiger charge is 2.27. The number of fused-ring (bicyclic) bond motifs is 1. The number of aromatic nitrogens is 2. The molecule has 0 unspecified atom stereocenters. The molecule has 0 bridgehead atoms. The van der Waals surface area contributed by atoms with Gasteiger partial charge in [0.25, 0.3) is 5.91 Å². The topological polar surface area (TPSA) is 85.6 Å². The van der Waals surface area contributed by atoms with Crippen LogP contribution in [-0.2, 0) is 11.3 Å². The van der Waals surface area contributed by atoms with Gasteiger partial charge in [0, 0.05) is 11.9 Å². The summed E-state index contributed by atoms with van der Waals surface area (Å²) in [6.45, 7) is 2.15. The Morgan fingerprint density at radius 1 is 1.33 bits per heavy atom. The first kappa shape index (κ1) is 17.3. The van der Waals surface area contributed by atoms with Crippen molar-refractivity contribution in [2.24, 2.45) is 0 Å². The predicted octanol–water partition coefficient (Wildman–Crippen LogP) is 1.66. The molecule has 1 aliphatic heterocycles. The van der Waals surface area contributed by atoms with Crippen LogP contribution in [0.15, 0.2) is 48.7 Å². The minimum absolute atomic E-state index is 0.276. The number of hydrogen-bond donors (Lipinski definition) is 2. The fourth-order valence-corrected chi connectivity index (χ4v) is 3.12. The van der Waals surface area contributed by atoms with Crippen LogP contribution in [-0.4, -0.2) is 34.9 Å². The molecule has 2 aromatic carbocycles. The second-order valence-corrected chi connectivity index (χ2v) is 6.28. The van der Waals surface area contributed by atoms with E-state index in [4.69, 9.17) is 9.39 Å². The molecule has 0 atom stereocenters. The summed E-state index contributed by atoms with van der Waals surface area (Å²) >= 11 is 0. The van der Waals surface area contributed by atoms with Crippen molar-refractivity contribution in [3.05, 3.63) is 65.5 Å². The quantitative estimate of drug-likeness (QED) is 0.689. The zero-order valence-corrected chi connectivity index (χ0v) is 15.0. The van der Waals surface area contributed by atoms with Gasteiger partial charge in [0.05, 0.1) is 25.0 Å². The van der Waals surface area contributed by atoms with Crippen molar-refractivity contribution in [3.8, 4) is 11.4 Å². The van der Waals surface area contributed by atoms with Crippen molar-refractivity contribution in [1.82, 2.24) is 9.78 Å². The Kier molecular flexibility index (Phi) is 4.43. The molecule has 0 spiro atoms. The van der Waals surface area contributed by atoms with E-state index < -0.39 is 7.12 Å². The maximum atomic E-state index is 12.7. The number of nitrogens with one attached hydrogen (secondary N) is 1. The fourth-order valence-electron chi connectivity index (χ4n) is 3.12. The number of methoxy groups -OCH3 is 1. The molecule has 0 radical (unpaired) electrons. The van der Waals surface area contributed by atoms with Gasteiger partial charge in [-0.25, -0.2) is 4.68 Å². The van der Waals surface area contributed by atoms with Crippen LogP contribution in [0.5, 0.6) is 5.75 Å². The van der Waals surface area contributed by atoms with Gasteiger partial charge in [-0.1, -0.05) is 18.2 Å². The number of para-hydroxylation sites is 2. The molecule has 2 N–H and O–H groups in total. The Labute approximate surface area is 156 Å². The standard InChI is InChI=1S/C19H18BN3O4/c1-12-15(10-23(22-12)17-5-3-4-6-18(17)26-2)19(24)21-14-8-7-13-11-27-20(25)16(13)9-14/h3-10,25H,11H2,1-2H3,(H,21,24). The number of anilines is 1. The number of carbonyl (C=O) groups excluding carboxylic acids is 1. The van der Waals surface area contributed by atoms with E-state index in [2.05, 4.69) is 10.4 Å². The maximum absolute atomic E-state index is 12.7. The minimum Gasteiger partial charge on any atom is -0.494 e. The van der Waals surface area contributed by atoms with E-state index in [1.165, 1.54) is 0 Å². The van der Waals surface area contributed by atoms with Crippen molar-refractivity contribution < 1.29 is 19.2 Å². The Hall–Kier alpha value is -3.10. The summed E-state index contributed by atoms with van der Waals surface area (Å²) in [5.74, 6) is 0.390. The van der Waals surface area contributed by atoms with E-state index in [0.29, 0.717) is 34.8 Å². The summed E-state index contributed by atoms with van der Waals surface area (Å²) in [6.07, 6.45) is 1.67. The lowest BCUT2D eigenvalue weighted by Gasteiger charge is -2.07. The molecule has 0 saturated carbocycles. The Bertz CT molecular complexity index is 1020. The fraction of sp³-hybridized carbons (Fsp3) is 0.158. The Morgan fingerprint density at radius 3 is 2.96 bits per heavy atom. The molecule has 0 saturated heterocycles. The molecule has 136 valence electrons. The number of carbonyl (C=O) groups is 1. The molecule has 0 fully saturated rings. The van der Waals surface area contributed by atoms with Gasteiger partial charge in [0.15, 0.2) is 0 Å². The zero-order chi connectivity index (χ0) is 19.0. The van der Waals surface area contributed by atoms with Crippen molar-refractivity contribution in [3.63, 3.8) is 0 Å². The number of ether oxygens (including phenoxy) is 1. The lowest BCUT2D eigenvalue weighted by Crippen LogP contribution is -2.28. The van der Waals surface area contributed by atoms with Crippen molar-refractivity contribution >= 4 is 24.2 Å². The summed E-state index contributed by atoms with van der Waals surface area (Å²) in [7, 11) is 0.640. The number of benzene rings is 2. The van der Waals surface area contributed by atoms with Crippen LogP contribution in [0, 0.1) is 6.92 Å². The SMILES string of the molecule is COc1ccccc1-n1cc(C(=O)Nc2ccc3c(c2)B(O)OC3)c(C)n1. The van der Waals surface area contributed by atoms with Gasteiger partial charge in [-0.05, 0) is 42.2 Å². The molecular weight excluding hydrogens is 345 g/mol. The first-order valence-electron chi connectivity index (χ1n) is 8.50. The summed E-state index contributed by atoms with van der Waals surface area (Å²) in [4.78, 5) is 12.7. The highest BCUT2D eigenvalue weighted by Crippen LogP contribution is 2.23. The summed E-state index contributed by atoms with van der Waals surface area (Å²) < 4.78 is 12.2. The Balaban J connectivity index is 1.60. The number of amides is 1. The second-order valence-electron chi connectivity index (χ2n) is 6.28.